The van der Waals surface area contributed by atoms with Crippen LogP contribution in [0, 0.1) is 0 Å². The van der Waals surface area contributed by atoms with E-state index in [0.717, 1.165) is 24.9 Å². The van der Waals surface area contributed by atoms with Gasteiger partial charge in [0, 0.05) is 30.4 Å². The van der Waals surface area contributed by atoms with Gasteiger partial charge in [0.2, 0.25) is 5.91 Å². The first-order valence-corrected chi connectivity index (χ1v) is 10.1. The topological polar surface area (TPSA) is 33.2 Å². The molecule has 2 aromatic carbocycles. The Hall–Kier alpha value is -2.59. The van der Waals surface area contributed by atoms with Crippen LogP contribution in [0.5, 0.6) is 0 Å². The van der Waals surface area contributed by atoms with Gasteiger partial charge < -0.3 is 4.90 Å². The molecule has 0 radical (unpaired) electrons. The molecule has 0 spiro atoms. The number of hydrogen-bond donors (Lipinski definition) is 0. The molecule has 3 aromatic rings. The maximum absolute atomic E-state index is 13.3. The number of benzene rings is 2. The molecule has 1 atom stereocenters. The van der Waals surface area contributed by atoms with E-state index in [9.17, 15) is 4.79 Å². The monoisotopic (exact) mass is 374 g/mol. The third-order valence-electron chi connectivity index (χ3n) is 4.87. The minimum Gasteiger partial charge on any atom is -0.337 e. The van der Waals surface area contributed by atoms with Crippen molar-refractivity contribution in [2.45, 2.75) is 29.5 Å². The highest BCUT2D eigenvalue weighted by Crippen LogP contribution is 2.37. The zero-order valence-electron chi connectivity index (χ0n) is 15.1. The van der Waals surface area contributed by atoms with Gasteiger partial charge in [0.05, 0.1) is 5.25 Å². The van der Waals surface area contributed by atoms with E-state index in [-0.39, 0.29) is 11.2 Å². The van der Waals surface area contributed by atoms with E-state index in [1.807, 2.05) is 41.3 Å². The van der Waals surface area contributed by atoms with Gasteiger partial charge in [-0.2, -0.15) is 0 Å². The molecule has 3 nitrogen and oxygen atoms in total. The molecule has 1 aromatic heterocycles. The van der Waals surface area contributed by atoms with Gasteiger partial charge in [0.25, 0.3) is 0 Å². The van der Waals surface area contributed by atoms with Crippen molar-refractivity contribution >= 4 is 17.7 Å². The SMILES string of the molecule is O=C([C@H]1Cc2ccccc2S1)N(CCc1ccccc1)Cc1ccncc1. The van der Waals surface area contributed by atoms with Crippen LogP contribution in [0.1, 0.15) is 16.7 Å². The predicted octanol–water partition coefficient (Wildman–Crippen LogP) is 4.37. The van der Waals surface area contributed by atoms with Crippen LogP contribution in [0.15, 0.2) is 84.0 Å². The van der Waals surface area contributed by atoms with Crippen molar-refractivity contribution < 1.29 is 4.79 Å². The first-order valence-electron chi connectivity index (χ1n) is 9.26. The van der Waals surface area contributed by atoms with Gasteiger partial charge in [-0.1, -0.05) is 48.5 Å². The molecule has 136 valence electrons. The lowest BCUT2D eigenvalue weighted by Crippen LogP contribution is -2.38. The Morgan fingerprint density at radius 2 is 1.70 bits per heavy atom. The van der Waals surface area contributed by atoms with E-state index < -0.39 is 0 Å². The van der Waals surface area contributed by atoms with E-state index >= 15 is 0 Å². The molecule has 0 saturated heterocycles. The van der Waals surface area contributed by atoms with Crippen LogP contribution in [0.3, 0.4) is 0 Å². The van der Waals surface area contributed by atoms with Crippen molar-refractivity contribution in [2.75, 3.05) is 6.54 Å². The molecule has 4 heteroatoms. The summed E-state index contributed by atoms with van der Waals surface area (Å²) in [6.45, 7) is 1.35. The van der Waals surface area contributed by atoms with Crippen molar-refractivity contribution in [3.63, 3.8) is 0 Å². The Balaban J connectivity index is 1.49. The third-order valence-corrected chi connectivity index (χ3v) is 6.18. The van der Waals surface area contributed by atoms with Gasteiger partial charge in [0.15, 0.2) is 0 Å². The summed E-state index contributed by atoms with van der Waals surface area (Å²) in [6, 6.07) is 22.7. The van der Waals surface area contributed by atoms with Crippen molar-refractivity contribution in [2.24, 2.45) is 0 Å². The summed E-state index contributed by atoms with van der Waals surface area (Å²) >= 11 is 1.70. The number of nitrogens with zero attached hydrogens (tertiary/aromatic N) is 2. The van der Waals surface area contributed by atoms with Crippen LogP contribution >= 0.6 is 11.8 Å². The Morgan fingerprint density at radius 1 is 0.963 bits per heavy atom. The zero-order chi connectivity index (χ0) is 18.5. The van der Waals surface area contributed by atoms with Gasteiger partial charge in [-0.05, 0) is 47.7 Å². The highest BCUT2D eigenvalue weighted by molar-refractivity contribution is 8.01. The van der Waals surface area contributed by atoms with Crippen LogP contribution in [0.4, 0.5) is 0 Å². The summed E-state index contributed by atoms with van der Waals surface area (Å²) in [6.07, 6.45) is 5.25. The Kier molecular flexibility index (Phi) is 5.54. The van der Waals surface area contributed by atoms with Crippen molar-refractivity contribution in [1.82, 2.24) is 9.88 Å². The number of rotatable bonds is 6. The van der Waals surface area contributed by atoms with Gasteiger partial charge in [-0.25, -0.2) is 0 Å². The lowest BCUT2D eigenvalue weighted by atomic mass is 10.1. The number of thioether (sulfide) groups is 1. The van der Waals surface area contributed by atoms with Crippen molar-refractivity contribution in [1.29, 1.82) is 0 Å². The number of aromatic nitrogens is 1. The fourth-order valence-electron chi connectivity index (χ4n) is 3.41. The Morgan fingerprint density at radius 3 is 2.48 bits per heavy atom. The first-order chi connectivity index (χ1) is 13.3. The zero-order valence-corrected chi connectivity index (χ0v) is 15.9. The van der Waals surface area contributed by atoms with E-state index in [1.54, 1.807) is 24.2 Å². The van der Waals surface area contributed by atoms with Crippen molar-refractivity contribution in [3.05, 3.63) is 95.8 Å². The molecule has 0 aliphatic carbocycles. The van der Waals surface area contributed by atoms with Gasteiger partial charge >= 0.3 is 0 Å². The lowest BCUT2D eigenvalue weighted by Gasteiger charge is -2.25. The van der Waals surface area contributed by atoms with Gasteiger partial charge in [-0.3, -0.25) is 9.78 Å². The molecule has 0 N–H and O–H groups in total. The average molecular weight is 375 g/mol. The quantitative estimate of drug-likeness (QED) is 0.642. The minimum atomic E-state index is -0.0278. The van der Waals surface area contributed by atoms with Crippen LogP contribution in [-0.4, -0.2) is 27.6 Å². The van der Waals surface area contributed by atoms with Crippen LogP contribution in [0.2, 0.25) is 0 Å². The smallest absolute Gasteiger partial charge is 0.236 e. The largest absolute Gasteiger partial charge is 0.337 e. The van der Waals surface area contributed by atoms with E-state index in [0.29, 0.717) is 6.54 Å². The van der Waals surface area contributed by atoms with E-state index in [2.05, 4.69) is 35.3 Å². The van der Waals surface area contributed by atoms with E-state index in [4.69, 9.17) is 0 Å². The number of fused-ring (bicyclic) bond motifs is 1. The molecule has 0 bridgehead atoms. The molecule has 2 heterocycles. The normalized spacial score (nSPS) is 15.3. The summed E-state index contributed by atoms with van der Waals surface area (Å²) in [7, 11) is 0. The number of carbonyl (C=O) groups is 1. The lowest BCUT2D eigenvalue weighted by molar-refractivity contribution is -0.131. The molecule has 0 unspecified atom stereocenters. The number of carbonyl (C=O) groups excluding carboxylic acids is 1. The summed E-state index contributed by atoms with van der Waals surface area (Å²) < 4.78 is 0. The fraction of sp³-hybridized carbons (Fsp3) is 0.217. The second-order valence-corrected chi connectivity index (χ2v) is 8.01. The maximum Gasteiger partial charge on any atom is 0.236 e. The highest BCUT2D eigenvalue weighted by Gasteiger charge is 2.31. The fourth-order valence-corrected chi connectivity index (χ4v) is 4.69. The van der Waals surface area contributed by atoms with Crippen LogP contribution < -0.4 is 0 Å². The summed E-state index contributed by atoms with van der Waals surface area (Å²) in [4.78, 5) is 20.7. The molecule has 1 aliphatic rings. The number of amides is 1. The molecule has 0 fully saturated rings. The third kappa shape index (κ3) is 4.40. The Labute approximate surface area is 164 Å². The van der Waals surface area contributed by atoms with Crippen LogP contribution in [-0.2, 0) is 24.2 Å². The maximum atomic E-state index is 13.3. The van der Waals surface area contributed by atoms with E-state index in [1.165, 1.54) is 16.0 Å². The highest BCUT2D eigenvalue weighted by atomic mass is 32.2. The Bertz CT molecular complexity index is 874. The van der Waals surface area contributed by atoms with Crippen LogP contribution in [0.25, 0.3) is 0 Å². The number of pyridine rings is 1. The summed E-state index contributed by atoms with van der Waals surface area (Å²) in [5.41, 5.74) is 3.66. The summed E-state index contributed by atoms with van der Waals surface area (Å²) in [5.74, 6) is 0.226. The molecule has 0 saturated carbocycles. The molecule has 1 aliphatic heterocycles. The molecule has 1 amide bonds. The minimum absolute atomic E-state index is 0.0278. The molecular formula is C23H22N2OS. The molecule has 4 rings (SSSR count). The second-order valence-electron chi connectivity index (χ2n) is 6.77. The molecule has 27 heavy (non-hydrogen) atoms. The standard InChI is InChI=1S/C23H22N2OS/c26-23(22-16-20-8-4-5-9-21(20)27-22)25(17-19-10-13-24-14-11-19)15-12-18-6-2-1-3-7-18/h1-11,13-14,22H,12,15-17H2/t22-/m1/s1. The van der Waals surface area contributed by atoms with Gasteiger partial charge in [-0.15, -0.1) is 11.8 Å². The van der Waals surface area contributed by atoms with Gasteiger partial charge in [0.1, 0.15) is 0 Å². The number of hydrogen-bond acceptors (Lipinski definition) is 3. The molecular weight excluding hydrogens is 352 g/mol. The second kappa shape index (κ2) is 8.40. The average Bonchev–Trinajstić information content (AvgIpc) is 3.16. The van der Waals surface area contributed by atoms with Crippen molar-refractivity contribution in [3.8, 4) is 0 Å². The first kappa shape index (κ1) is 17.8. The summed E-state index contributed by atoms with van der Waals surface area (Å²) in [5, 5.41) is -0.0278. The predicted molar refractivity (Wildman–Crippen MR) is 110 cm³/mol.